The first-order valence-electron chi connectivity index (χ1n) is 9.03. The van der Waals surface area contributed by atoms with Gasteiger partial charge < -0.3 is 10.1 Å². The van der Waals surface area contributed by atoms with Crippen molar-refractivity contribution < 1.29 is 14.5 Å². The summed E-state index contributed by atoms with van der Waals surface area (Å²) in [5, 5.41) is 13.8. The van der Waals surface area contributed by atoms with E-state index in [1.165, 1.54) is 12.1 Å². The molecule has 1 fully saturated rings. The lowest BCUT2D eigenvalue weighted by Crippen LogP contribution is -2.38. The van der Waals surface area contributed by atoms with Crippen LogP contribution in [0.2, 0.25) is 0 Å². The zero-order chi connectivity index (χ0) is 19.1. The van der Waals surface area contributed by atoms with Crippen LogP contribution in [-0.4, -0.2) is 41.5 Å². The van der Waals surface area contributed by atoms with Crippen molar-refractivity contribution in [1.82, 2.24) is 4.90 Å². The number of para-hydroxylation sites is 2. The number of nitro benzene ring substituents is 1. The largest absolute Gasteiger partial charge is 0.377 e. The Morgan fingerprint density at radius 1 is 1.19 bits per heavy atom. The number of hydrogen-bond donors (Lipinski definition) is 1. The Hall–Kier alpha value is -2.77. The van der Waals surface area contributed by atoms with Crippen molar-refractivity contribution in [3.8, 4) is 0 Å². The molecule has 0 spiro atoms. The number of anilines is 1. The molecular weight excluding hydrogens is 346 g/mol. The molecule has 1 unspecified atom stereocenters. The molecule has 0 bridgehead atoms. The Bertz CT molecular complexity index is 776. The van der Waals surface area contributed by atoms with Crippen molar-refractivity contribution in [3.05, 3.63) is 70.3 Å². The van der Waals surface area contributed by atoms with Crippen LogP contribution in [0.3, 0.4) is 0 Å². The Balaban J connectivity index is 1.67. The minimum Gasteiger partial charge on any atom is -0.377 e. The third-order valence-corrected chi connectivity index (χ3v) is 4.48. The van der Waals surface area contributed by atoms with Crippen molar-refractivity contribution in [1.29, 1.82) is 0 Å². The monoisotopic (exact) mass is 369 g/mol. The second-order valence-electron chi connectivity index (χ2n) is 6.61. The molecule has 0 radical (unpaired) electrons. The second kappa shape index (κ2) is 9.25. The first-order chi connectivity index (χ1) is 13.1. The number of carbonyl (C=O) groups is 1. The van der Waals surface area contributed by atoms with Gasteiger partial charge in [0.05, 0.1) is 17.6 Å². The van der Waals surface area contributed by atoms with Gasteiger partial charge in [0.1, 0.15) is 5.69 Å². The van der Waals surface area contributed by atoms with E-state index in [1.807, 2.05) is 35.2 Å². The number of nitrogens with one attached hydrogen (secondary N) is 1. The molecule has 1 atom stereocenters. The quantitative estimate of drug-likeness (QED) is 0.570. The predicted octanol–water partition coefficient (Wildman–Crippen LogP) is 3.21. The van der Waals surface area contributed by atoms with E-state index in [1.54, 1.807) is 12.1 Å². The van der Waals surface area contributed by atoms with E-state index in [9.17, 15) is 14.9 Å². The smallest absolute Gasteiger partial charge is 0.292 e. The molecule has 1 aliphatic heterocycles. The summed E-state index contributed by atoms with van der Waals surface area (Å²) in [5.74, 6) is -0.279. The van der Waals surface area contributed by atoms with Gasteiger partial charge in [0, 0.05) is 25.8 Å². The van der Waals surface area contributed by atoms with Crippen molar-refractivity contribution >= 4 is 17.3 Å². The van der Waals surface area contributed by atoms with Gasteiger partial charge in [-0.1, -0.05) is 42.5 Å². The van der Waals surface area contributed by atoms with Gasteiger partial charge in [-0.2, -0.15) is 0 Å². The van der Waals surface area contributed by atoms with Crippen LogP contribution in [0.4, 0.5) is 11.4 Å². The maximum atomic E-state index is 12.5. The summed E-state index contributed by atoms with van der Waals surface area (Å²) < 4.78 is 5.71. The average Bonchev–Trinajstić information content (AvgIpc) is 3.15. The number of benzene rings is 2. The summed E-state index contributed by atoms with van der Waals surface area (Å²) in [5.41, 5.74) is 1.21. The normalized spacial score (nSPS) is 16.4. The topological polar surface area (TPSA) is 84.7 Å². The van der Waals surface area contributed by atoms with Crippen molar-refractivity contribution in [3.63, 3.8) is 0 Å². The Kier molecular flexibility index (Phi) is 6.51. The van der Waals surface area contributed by atoms with Gasteiger partial charge in [-0.3, -0.25) is 19.8 Å². The fourth-order valence-corrected chi connectivity index (χ4v) is 3.23. The van der Waals surface area contributed by atoms with Gasteiger partial charge in [0.2, 0.25) is 5.91 Å². The van der Waals surface area contributed by atoms with Gasteiger partial charge in [-0.15, -0.1) is 0 Å². The first kappa shape index (κ1) is 19.0. The second-order valence-corrected chi connectivity index (χ2v) is 6.61. The maximum Gasteiger partial charge on any atom is 0.292 e. The van der Waals surface area contributed by atoms with Gasteiger partial charge in [0.15, 0.2) is 0 Å². The molecule has 2 aromatic carbocycles. The Morgan fingerprint density at radius 3 is 2.63 bits per heavy atom. The molecule has 2 aromatic rings. The maximum absolute atomic E-state index is 12.5. The van der Waals surface area contributed by atoms with Gasteiger partial charge in [0.25, 0.3) is 5.69 Å². The highest BCUT2D eigenvalue weighted by Crippen LogP contribution is 2.23. The van der Waals surface area contributed by atoms with Crippen LogP contribution in [0.5, 0.6) is 0 Å². The summed E-state index contributed by atoms with van der Waals surface area (Å²) in [6.45, 7) is 2.16. The van der Waals surface area contributed by atoms with E-state index in [0.717, 1.165) is 25.0 Å². The highest BCUT2D eigenvalue weighted by atomic mass is 16.6. The van der Waals surface area contributed by atoms with E-state index in [2.05, 4.69) is 5.32 Å². The van der Waals surface area contributed by atoms with E-state index >= 15 is 0 Å². The Morgan fingerprint density at radius 2 is 1.93 bits per heavy atom. The molecule has 1 amide bonds. The third-order valence-electron chi connectivity index (χ3n) is 4.48. The zero-order valence-electron chi connectivity index (χ0n) is 15.0. The van der Waals surface area contributed by atoms with Gasteiger partial charge in [-0.05, 0) is 24.5 Å². The average molecular weight is 369 g/mol. The van der Waals surface area contributed by atoms with Crippen LogP contribution in [0, 0.1) is 10.1 Å². The van der Waals surface area contributed by atoms with E-state index in [-0.39, 0.29) is 29.9 Å². The number of hydrogen-bond acceptors (Lipinski definition) is 5. The standard InChI is InChI=1S/C20H23N3O4/c24-20(21-18-10-4-5-11-19(18)23(25)26)15-22(14-17-9-6-12-27-17)13-16-7-2-1-3-8-16/h1-5,7-8,10-11,17H,6,9,12-15H2,(H,21,24). The lowest BCUT2D eigenvalue weighted by Gasteiger charge is -2.24. The fraction of sp³-hybridized carbons (Fsp3) is 0.350. The summed E-state index contributed by atoms with van der Waals surface area (Å²) >= 11 is 0. The van der Waals surface area contributed by atoms with Crippen molar-refractivity contribution in [2.45, 2.75) is 25.5 Å². The molecule has 0 saturated carbocycles. The molecule has 3 rings (SSSR count). The lowest BCUT2D eigenvalue weighted by atomic mass is 10.2. The Labute approximate surface area is 158 Å². The van der Waals surface area contributed by atoms with Crippen LogP contribution < -0.4 is 5.32 Å². The number of nitro groups is 1. The molecule has 1 saturated heterocycles. The SMILES string of the molecule is O=C(CN(Cc1ccccc1)CC1CCCO1)Nc1ccccc1[N+](=O)[O-]. The minimum absolute atomic E-state index is 0.111. The molecule has 27 heavy (non-hydrogen) atoms. The fourth-order valence-electron chi connectivity index (χ4n) is 3.23. The van der Waals surface area contributed by atoms with Crippen molar-refractivity contribution in [2.24, 2.45) is 0 Å². The minimum atomic E-state index is -0.496. The number of ether oxygens (including phenoxy) is 1. The highest BCUT2D eigenvalue weighted by molar-refractivity contribution is 5.94. The van der Waals surface area contributed by atoms with Crippen molar-refractivity contribution in [2.75, 3.05) is 25.0 Å². The van der Waals surface area contributed by atoms with Crippen LogP contribution in [-0.2, 0) is 16.1 Å². The number of carbonyl (C=O) groups excluding carboxylic acids is 1. The highest BCUT2D eigenvalue weighted by Gasteiger charge is 2.22. The predicted molar refractivity (Wildman–Crippen MR) is 102 cm³/mol. The molecule has 0 aromatic heterocycles. The summed E-state index contributed by atoms with van der Waals surface area (Å²) in [4.78, 5) is 25.2. The molecule has 142 valence electrons. The summed E-state index contributed by atoms with van der Waals surface area (Å²) in [7, 11) is 0. The number of amides is 1. The van der Waals surface area contributed by atoms with Crippen LogP contribution in [0.25, 0.3) is 0 Å². The number of rotatable bonds is 8. The van der Waals surface area contributed by atoms with Gasteiger partial charge >= 0.3 is 0 Å². The number of nitrogens with zero attached hydrogens (tertiary/aromatic N) is 2. The molecule has 0 aliphatic carbocycles. The lowest BCUT2D eigenvalue weighted by molar-refractivity contribution is -0.383. The van der Waals surface area contributed by atoms with E-state index < -0.39 is 4.92 Å². The van der Waals surface area contributed by atoms with Gasteiger partial charge in [-0.25, -0.2) is 0 Å². The summed E-state index contributed by atoms with van der Waals surface area (Å²) in [6.07, 6.45) is 2.14. The van der Waals surface area contributed by atoms with E-state index in [0.29, 0.717) is 13.1 Å². The zero-order valence-corrected chi connectivity index (χ0v) is 15.0. The molecular formula is C20H23N3O4. The first-order valence-corrected chi connectivity index (χ1v) is 9.03. The van der Waals surface area contributed by atoms with Crippen LogP contribution in [0.1, 0.15) is 18.4 Å². The molecule has 1 heterocycles. The van der Waals surface area contributed by atoms with Crippen LogP contribution >= 0.6 is 0 Å². The van der Waals surface area contributed by atoms with Crippen LogP contribution in [0.15, 0.2) is 54.6 Å². The van der Waals surface area contributed by atoms with E-state index in [4.69, 9.17) is 4.74 Å². The molecule has 7 heteroatoms. The molecule has 1 aliphatic rings. The molecule has 1 N–H and O–H groups in total. The summed E-state index contributed by atoms with van der Waals surface area (Å²) in [6, 6.07) is 16.1. The molecule has 7 nitrogen and oxygen atoms in total. The third kappa shape index (κ3) is 5.60.